The van der Waals surface area contributed by atoms with Gasteiger partial charge in [-0.1, -0.05) is 11.3 Å². The van der Waals surface area contributed by atoms with Crippen molar-refractivity contribution in [1.29, 1.82) is 0 Å². The fraction of sp³-hybridized carbons (Fsp3) is 0.647. The van der Waals surface area contributed by atoms with E-state index in [0.29, 0.717) is 23.8 Å². The molecule has 0 aromatic carbocycles. The summed E-state index contributed by atoms with van der Waals surface area (Å²) in [4.78, 5) is 40.0. The number of amides is 2. The van der Waals surface area contributed by atoms with Gasteiger partial charge >= 0.3 is 5.00 Å². The lowest BCUT2D eigenvalue weighted by Crippen LogP contribution is -2.51. The Kier molecular flexibility index (Phi) is 7.58. The summed E-state index contributed by atoms with van der Waals surface area (Å²) in [7, 11) is 1.92. The molecule has 150 valence electrons. The number of hydrogen-bond acceptors (Lipinski definition) is 6. The van der Waals surface area contributed by atoms with Crippen molar-refractivity contribution in [2.75, 3.05) is 33.2 Å². The summed E-state index contributed by atoms with van der Waals surface area (Å²) in [6.07, 6.45) is 3.53. The van der Waals surface area contributed by atoms with E-state index in [2.05, 4.69) is 5.32 Å². The van der Waals surface area contributed by atoms with Crippen molar-refractivity contribution in [3.63, 3.8) is 0 Å². The van der Waals surface area contributed by atoms with Crippen LogP contribution in [0.15, 0.2) is 12.1 Å². The molecule has 3 heterocycles. The molecule has 10 heteroatoms. The molecular formula is C17H25ClN4O4S. The Bertz CT molecular complexity index is 696. The van der Waals surface area contributed by atoms with E-state index in [9.17, 15) is 19.7 Å². The van der Waals surface area contributed by atoms with E-state index in [4.69, 9.17) is 0 Å². The minimum Gasteiger partial charge on any atom is -0.341 e. The summed E-state index contributed by atoms with van der Waals surface area (Å²) < 4.78 is 0. The fourth-order valence-electron chi connectivity index (χ4n) is 3.88. The molecular weight excluding hydrogens is 392 g/mol. The molecule has 2 aliphatic heterocycles. The van der Waals surface area contributed by atoms with Crippen LogP contribution in [0.2, 0.25) is 0 Å². The van der Waals surface area contributed by atoms with Gasteiger partial charge in [0.1, 0.15) is 6.04 Å². The number of thiophene rings is 1. The highest BCUT2D eigenvalue weighted by Gasteiger charge is 2.38. The zero-order valence-corrected chi connectivity index (χ0v) is 16.9. The first-order valence-electron chi connectivity index (χ1n) is 9.00. The average molecular weight is 417 g/mol. The Labute approximate surface area is 168 Å². The lowest BCUT2D eigenvalue weighted by molar-refractivity contribution is -0.380. The highest BCUT2D eigenvalue weighted by molar-refractivity contribution is 7.17. The van der Waals surface area contributed by atoms with Gasteiger partial charge in [0.15, 0.2) is 0 Å². The first kappa shape index (κ1) is 21.6. The Morgan fingerprint density at radius 3 is 2.70 bits per heavy atom. The van der Waals surface area contributed by atoms with Crippen LogP contribution in [0, 0.1) is 16.0 Å². The van der Waals surface area contributed by atoms with E-state index in [1.165, 1.54) is 12.1 Å². The number of piperidine rings is 1. The maximum atomic E-state index is 13.0. The minimum absolute atomic E-state index is 0. The zero-order valence-electron chi connectivity index (χ0n) is 15.3. The largest absolute Gasteiger partial charge is 0.341 e. The number of nitrogens with one attached hydrogen (secondary N) is 1. The molecule has 0 bridgehead atoms. The van der Waals surface area contributed by atoms with Crippen molar-refractivity contribution in [2.45, 2.75) is 31.7 Å². The third kappa shape index (κ3) is 4.77. The summed E-state index contributed by atoms with van der Waals surface area (Å²) in [5.41, 5.74) is 0. The number of carbonyl (C=O) groups excluding carboxylic acids is 2. The van der Waals surface area contributed by atoms with Crippen molar-refractivity contribution < 1.29 is 14.5 Å². The van der Waals surface area contributed by atoms with Crippen LogP contribution in [0.25, 0.3) is 0 Å². The van der Waals surface area contributed by atoms with Crippen LogP contribution in [-0.4, -0.2) is 65.8 Å². The van der Waals surface area contributed by atoms with Crippen molar-refractivity contribution in [2.24, 2.45) is 5.92 Å². The normalized spacial score (nSPS) is 22.4. The number of likely N-dealkylation sites (tertiary alicyclic amines) is 2. The van der Waals surface area contributed by atoms with Gasteiger partial charge in [0.2, 0.25) is 5.91 Å². The van der Waals surface area contributed by atoms with E-state index >= 15 is 0 Å². The van der Waals surface area contributed by atoms with Crippen molar-refractivity contribution in [3.8, 4) is 0 Å². The third-order valence-electron chi connectivity index (χ3n) is 5.10. The summed E-state index contributed by atoms with van der Waals surface area (Å²) >= 11 is 0.869. The van der Waals surface area contributed by atoms with Crippen LogP contribution in [0.4, 0.5) is 5.00 Å². The summed E-state index contributed by atoms with van der Waals surface area (Å²) in [6, 6.07) is 2.38. The van der Waals surface area contributed by atoms with Crippen molar-refractivity contribution in [3.05, 3.63) is 27.1 Å². The molecule has 2 amide bonds. The maximum Gasteiger partial charge on any atom is 0.324 e. The molecule has 2 fully saturated rings. The van der Waals surface area contributed by atoms with Crippen LogP contribution < -0.4 is 5.32 Å². The predicted octanol–water partition coefficient (Wildman–Crippen LogP) is 2.14. The zero-order chi connectivity index (χ0) is 18.7. The number of nitro groups is 1. The van der Waals surface area contributed by atoms with Crippen LogP contribution in [0.1, 0.15) is 35.4 Å². The molecule has 27 heavy (non-hydrogen) atoms. The molecule has 2 saturated heterocycles. The summed E-state index contributed by atoms with van der Waals surface area (Å²) in [5.74, 6) is 0.189. The van der Waals surface area contributed by atoms with Gasteiger partial charge in [-0.05, 0) is 51.3 Å². The van der Waals surface area contributed by atoms with Crippen LogP contribution in [0.5, 0.6) is 0 Å². The second-order valence-electron chi connectivity index (χ2n) is 6.90. The minimum atomic E-state index is -0.496. The topological polar surface area (TPSA) is 95.8 Å². The van der Waals surface area contributed by atoms with E-state index in [-0.39, 0.29) is 29.2 Å². The van der Waals surface area contributed by atoms with Gasteiger partial charge in [0.25, 0.3) is 5.91 Å². The van der Waals surface area contributed by atoms with Gasteiger partial charge in [-0.3, -0.25) is 19.7 Å². The Morgan fingerprint density at radius 2 is 2.04 bits per heavy atom. The first-order chi connectivity index (χ1) is 12.5. The number of halogens is 1. The van der Waals surface area contributed by atoms with Crippen molar-refractivity contribution >= 4 is 40.6 Å². The molecule has 0 aliphatic carbocycles. The Hall–Kier alpha value is -1.71. The summed E-state index contributed by atoms with van der Waals surface area (Å²) in [6.45, 7) is 2.87. The number of nitrogens with zero attached hydrogens (tertiary/aromatic N) is 3. The second kappa shape index (κ2) is 9.48. The SMILES string of the molecule is CNCC1CCCN(C(=O)C2CCCN2C(=O)c2ccc([N+](=O)[O-])s2)C1.Cl. The third-order valence-corrected chi connectivity index (χ3v) is 6.13. The van der Waals surface area contributed by atoms with Gasteiger partial charge in [0, 0.05) is 25.7 Å². The molecule has 1 aromatic rings. The van der Waals surface area contributed by atoms with E-state index in [0.717, 1.165) is 50.2 Å². The van der Waals surface area contributed by atoms with Crippen LogP contribution in [0.3, 0.4) is 0 Å². The van der Waals surface area contributed by atoms with Gasteiger partial charge in [0.05, 0.1) is 9.80 Å². The van der Waals surface area contributed by atoms with Gasteiger partial charge in [-0.2, -0.15) is 0 Å². The highest BCUT2D eigenvalue weighted by atomic mass is 35.5. The van der Waals surface area contributed by atoms with Crippen LogP contribution >= 0.6 is 23.7 Å². The molecule has 2 unspecified atom stereocenters. The molecule has 0 spiro atoms. The maximum absolute atomic E-state index is 13.0. The standard InChI is InChI=1S/C17H24N4O4S.ClH/c1-18-10-12-4-2-8-19(11-12)16(22)13-5-3-9-20(13)17(23)14-6-7-15(26-14)21(24)25;/h6-7,12-13,18H,2-5,8-11H2,1H3;1H. The Balaban J connectivity index is 0.00000261. The number of rotatable bonds is 5. The predicted molar refractivity (Wildman–Crippen MR) is 106 cm³/mol. The molecule has 1 aromatic heterocycles. The lowest BCUT2D eigenvalue weighted by atomic mass is 9.97. The number of carbonyl (C=O) groups is 2. The van der Waals surface area contributed by atoms with Gasteiger partial charge < -0.3 is 15.1 Å². The summed E-state index contributed by atoms with van der Waals surface area (Å²) in [5, 5.41) is 14.0. The second-order valence-corrected chi connectivity index (χ2v) is 7.96. The molecule has 1 N–H and O–H groups in total. The molecule has 0 radical (unpaired) electrons. The molecule has 8 nitrogen and oxygen atoms in total. The molecule has 0 saturated carbocycles. The van der Waals surface area contributed by atoms with Gasteiger partial charge in [-0.25, -0.2) is 0 Å². The fourth-order valence-corrected chi connectivity index (χ4v) is 4.66. The lowest BCUT2D eigenvalue weighted by Gasteiger charge is -2.36. The molecule has 2 atom stereocenters. The van der Waals surface area contributed by atoms with Crippen LogP contribution in [-0.2, 0) is 4.79 Å². The van der Waals surface area contributed by atoms with Crippen molar-refractivity contribution in [1.82, 2.24) is 15.1 Å². The van der Waals surface area contributed by atoms with E-state index in [1.807, 2.05) is 11.9 Å². The smallest absolute Gasteiger partial charge is 0.324 e. The van der Waals surface area contributed by atoms with E-state index in [1.54, 1.807) is 4.90 Å². The van der Waals surface area contributed by atoms with Gasteiger partial charge in [-0.15, -0.1) is 12.4 Å². The highest BCUT2D eigenvalue weighted by Crippen LogP contribution is 2.29. The molecule has 3 rings (SSSR count). The average Bonchev–Trinajstić information content (AvgIpc) is 3.31. The van der Waals surface area contributed by atoms with E-state index < -0.39 is 11.0 Å². The molecule has 2 aliphatic rings. The quantitative estimate of drug-likeness (QED) is 0.586. The Morgan fingerprint density at radius 1 is 1.30 bits per heavy atom. The first-order valence-corrected chi connectivity index (χ1v) is 9.81. The number of hydrogen-bond donors (Lipinski definition) is 1. The monoisotopic (exact) mass is 416 g/mol.